The summed E-state index contributed by atoms with van der Waals surface area (Å²) in [5.41, 5.74) is 2.89. The fourth-order valence-corrected chi connectivity index (χ4v) is 4.39. The number of hydrogen-bond donors (Lipinski definition) is 2. The minimum absolute atomic E-state index is 0.499. The highest BCUT2D eigenvalue weighted by Crippen LogP contribution is 2.36. The lowest BCUT2D eigenvalue weighted by molar-refractivity contribution is 0.127. The molecular formula is C16H30N4. The molecule has 0 amide bonds. The van der Waals surface area contributed by atoms with Crippen LogP contribution < -0.4 is 11.3 Å². The van der Waals surface area contributed by atoms with Crippen molar-refractivity contribution >= 4 is 5.96 Å². The SMILES string of the molecule is NNC(=NC1CCCCC1)N1CCC2CCCCC2C1. The molecule has 3 N–H and O–H groups in total. The minimum atomic E-state index is 0.499. The third-order valence-corrected chi connectivity index (χ3v) is 5.60. The highest BCUT2D eigenvalue weighted by atomic mass is 15.4. The Kier molecular flexibility index (Phi) is 4.81. The fraction of sp³-hybridized carbons (Fsp3) is 0.938. The number of likely N-dealkylation sites (tertiary alicyclic amines) is 1. The summed E-state index contributed by atoms with van der Waals surface area (Å²) in [4.78, 5) is 7.34. The van der Waals surface area contributed by atoms with Crippen molar-refractivity contribution in [2.45, 2.75) is 70.3 Å². The van der Waals surface area contributed by atoms with Crippen molar-refractivity contribution in [3.05, 3.63) is 0 Å². The predicted octanol–water partition coefficient (Wildman–Crippen LogP) is 2.65. The zero-order valence-corrected chi connectivity index (χ0v) is 12.7. The maximum Gasteiger partial charge on any atom is 0.208 e. The third-order valence-electron chi connectivity index (χ3n) is 5.60. The Labute approximate surface area is 123 Å². The first-order chi connectivity index (χ1) is 9.86. The van der Waals surface area contributed by atoms with Crippen LogP contribution in [0, 0.1) is 11.8 Å². The van der Waals surface area contributed by atoms with Crippen molar-refractivity contribution in [1.82, 2.24) is 10.3 Å². The van der Waals surface area contributed by atoms with Gasteiger partial charge in [-0.25, -0.2) is 10.8 Å². The summed E-state index contributed by atoms with van der Waals surface area (Å²) in [6, 6.07) is 0.499. The molecular weight excluding hydrogens is 248 g/mol. The van der Waals surface area contributed by atoms with E-state index in [4.69, 9.17) is 10.8 Å². The van der Waals surface area contributed by atoms with Crippen LogP contribution in [0.2, 0.25) is 0 Å². The first kappa shape index (κ1) is 14.2. The van der Waals surface area contributed by atoms with Crippen molar-refractivity contribution in [3.8, 4) is 0 Å². The Morgan fingerprint density at radius 1 is 0.900 bits per heavy atom. The molecule has 1 saturated heterocycles. The van der Waals surface area contributed by atoms with Crippen LogP contribution in [0.4, 0.5) is 0 Å². The molecule has 0 bridgehead atoms. The third kappa shape index (κ3) is 3.27. The molecule has 0 aromatic carbocycles. The van der Waals surface area contributed by atoms with E-state index >= 15 is 0 Å². The van der Waals surface area contributed by atoms with Crippen LogP contribution >= 0.6 is 0 Å². The van der Waals surface area contributed by atoms with E-state index in [0.29, 0.717) is 6.04 Å². The van der Waals surface area contributed by atoms with Crippen LogP contribution in [-0.4, -0.2) is 30.0 Å². The van der Waals surface area contributed by atoms with Crippen LogP contribution in [0.25, 0.3) is 0 Å². The van der Waals surface area contributed by atoms with Gasteiger partial charge in [0, 0.05) is 13.1 Å². The Morgan fingerprint density at radius 3 is 2.35 bits per heavy atom. The van der Waals surface area contributed by atoms with Crippen LogP contribution in [0.3, 0.4) is 0 Å². The van der Waals surface area contributed by atoms with Gasteiger partial charge in [0.1, 0.15) is 0 Å². The molecule has 4 nitrogen and oxygen atoms in total. The van der Waals surface area contributed by atoms with E-state index in [1.54, 1.807) is 0 Å². The fourth-order valence-electron chi connectivity index (χ4n) is 4.39. The zero-order chi connectivity index (χ0) is 13.8. The maximum absolute atomic E-state index is 5.77. The van der Waals surface area contributed by atoms with Gasteiger partial charge >= 0.3 is 0 Å². The molecule has 114 valence electrons. The smallest absolute Gasteiger partial charge is 0.208 e. The molecule has 20 heavy (non-hydrogen) atoms. The molecule has 2 aliphatic carbocycles. The average Bonchev–Trinajstić information content (AvgIpc) is 2.53. The van der Waals surface area contributed by atoms with Crippen molar-refractivity contribution in [2.75, 3.05) is 13.1 Å². The van der Waals surface area contributed by atoms with Crippen LogP contribution in [0.15, 0.2) is 4.99 Å². The second kappa shape index (κ2) is 6.79. The van der Waals surface area contributed by atoms with E-state index in [1.807, 2.05) is 0 Å². The summed E-state index contributed by atoms with van der Waals surface area (Å²) in [6.45, 7) is 2.30. The summed E-state index contributed by atoms with van der Waals surface area (Å²) in [6.07, 6.45) is 13.6. The zero-order valence-electron chi connectivity index (χ0n) is 12.7. The summed E-state index contributed by atoms with van der Waals surface area (Å²) < 4.78 is 0. The monoisotopic (exact) mass is 278 g/mol. The molecule has 3 fully saturated rings. The normalized spacial score (nSPS) is 32.9. The quantitative estimate of drug-likeness (QED) is 0.335. The Bertz CT molecular complexity index is 335. The molecule has 4 heteroatoms. The van der Waals surface area contributed by atoms with Crippen LogP contribution in [0.5, 0.6) is 0 Å². The van der Waals surface area contributed by atoms with Crippen LogP contribution in [0.1, 0.15) is 64.2 Å². The Hall–Kier alpha value is -0.770. The summed E-state index contributed by atoms with van der Waals surface area (Å²) in [7, 11) is 0. The van der Waals surface area contributed by atoms with E-state index in [-0.39, 0.29) is 0 Å². The molecule has 2 unspecified atom stereocenters. The molecule has 1 aliphatic heterocycles. The molecule has 3 rings (SSSR count). The van der Waals surface area contributed by atoms with Crippen molar-refractivity contribution in [3.63, 3.8) is 0 Å². The van der Waals surface area contributed by atoms with Gasteiger partial charge in [0.15, 0.2) is 0 Å². The van der Waals surface area contributed by atoms with Gasteiger partial charge < -0.3 is 4.90 Å². The number of piperidine rings is 1. The second-order valence-corrected chi connectivity index (χ2v) is 6.93. The Balaban J connectivity index is 1.62. The number of fused-ring (bicyclic) bond motifs is 1. The lowest BCUT2D eigenvalue weighted by Crippen LogP contribution is -2.51. The van der Waals surface area contributed by atoms with Gasteiger partial charge in [0.2, 0.25) is 5.96 Å². The van der Waals surface area contributed by atoms with Gasteiger partial charge in [-0.1, -0.05) is 38.5 Å². The number of hydrazine groups is 1. The van der Waals surface area contributed by atoms with Gasteiger partial charge in [0.05, 0.1) is 6.04 Å². The van der Waals surface area contributed by atoms with Gasteiger partial charge in [-0.05, 0) is 37.5 Å². The number of aliphatic imine (C=N–C) groups is 1. The highest BCUT2D eigenvalue weighted by molar-refractivity contribution is 5.79. The summed E-state index contributed by atoms with van der Waals surface area (Å²) >= 11 is 0. The molecule has 0 radical (unpaired) electrons. The van der Waals surface area contributed by atoms with Crippen molar-refractivity contribution in [2.24, 2.45) is 22.7 Å². The number of nitrogens with zero attached hydrogens (tertiary/aromatic N) is 2. The van der Waals surface area contributed by atoms with E-state index in [9.17, 15) is 0 Å². The molecule has 0 aromatic rings. The number of nitrogens with two attached hydrogens (primary N) is 1. The van der Waals surface area contributed by atoms with E-state index in [2.05, 4.69) is 10.3 Å². The maximum atomic E-state index is 5.77. The van der Waals surface area contributed by atoms with Crippen molar-refractivity contribution in [1.29, 1.82) is 0 Å². The van der Waals surface area contributed by atoms with Gasteiger partial charge in [-0.3, -0.25) is 5.43 Å². The minimum Gasteiger partial charge on any atom is -0.342 e. The molecule has 2 saturated carbocycles. The number of nitrogens with one attached hydrogen (secondary N) is 1. The molecule has 0 spiro atoms. The molecule has 2 atom stereocenters. The van der Waals surface area contributed by atoms with Gasteiger partial charge in [-0.15, -0.1) is 0 Å². The number of guanidine groups is 1. The lowest BCUT2D eigenvalue weighted by atomic mass is 9.75. The average molecular weight is 278 g/mol. The van der Waals surface area contributed by atoms with Crippen molar-refractivity contribution < 1.29 is 0 Å². The number of rotatable bonds is 1. The summed E-state index contributed by atoms with van der Waals surface area (Å²) in [5, 5.41) is 0. The van der Waals surface area contributed by atoms with E-state index < -0.39 is 0 Å². The Morgan fingerprint density at radius 2 is 1.60 bits per heavy atom. The first-order valence-electron chi connectivity index (χ1n) is 8.66. The predicted molar refractivity (Wildman–Crippen MR) is 83.3 cm³/mol. The summed E-state index contributed by atoms with van der Waals surface area (Å²) in [5.74, 6) is 8.57. The van der Waals surface area contributed by atoms with E-state index in [1.165, 1.54) is 70.8 Å². The molecule has 3 aliphatic rings. The largest absolute Gasteiger partial charge is 0.342 e. The van der Waals surface area contributed by atoms with E-state index in [0.717, 1.165) is 24.3 Å². The first-order valence-corrected chi connectivity index (χ1v) is 8.66. The van der Waals surface area contributed by atoms with Gasteiger partial charge in [-0.2, -0.15) is 0 Å². The second-order valence-electron chi connectivity index (χ2n) is 6.93. The highest BCUT2D eigenvalue weighted by Gasteiger charge is 2.32. The van der Waals surface area contributed by atoms with Crippen LogP contribution in [-0.2, 0) is 0 Å². The lowest BCUT2D eigenvalue weighted by Gasteiger charge is -2.42. The molecule has 1 heterocycles. The number of hydrogen-bond acceptors (Lipinski definition) is 2. The van der Waals surface area contributed by atoms with Gasteiger partial charge in [0.25, 0.3) is 0 Å². The standard InChI is InChI=1S/C16H30N4/c17-19-16(18-15-8-2-1-3-9-15)20-11-10-13-6-4-5-7-14(13)12-20/h13-15H,1-12,17H2,(H,18,19). The topological polar surface area (TPSA) is 53.6 Å². The molecule has 0 aromatic heterocycles.